The van der Waals surface area contributed by atoms with Crippen LogP contribution in [0.3, 0.4) is 0 Å². The highest BCUT2D eigenvalue weighted by Crippen LogP contribution is 2.21. The van der Waals surface area contributed by atoms with Gasteiger partial charge in [-0.15, -0.1) is 0 Å². The van der Waals surface area contributed by atoms with Crippen molar-refractivity contribution in [2.24, 2.45) is 0 Å². The monoisotopic (exact) mass is 220 g/mol. The van der Waals surface area contributed by atoms with Crippen LogP contribution in [0.1, 0.15) is 36.0 Å². The van der Waals surface area contributed by atoms with E-state index >= 15 is 0 Å². The highest BCUT2D eigenvalue weighted by molar-refractivity contribution is 5.75. The molecule has 1 fully saturated rings. The molecule has 0 amide bonds. The van der Waals surface area contributed by atoms with Gasteiger partial charge in [0.2, 0.25) is 0 Å². The molecule has 1 aliphatic carbocycles. The van der Waals surface area contributed by atoms with Crippen molar-refractivity contribution < 1.29 is 14.3 Å². The van der Waals surface area contributed by atoms with Crippen LogP contribution in [-0.4, -0.2) is 19.2 Å². The van der Waals surface area contributed by atoms with Crippen molar-refractivity contribution in [3.8, 4) is 5.75 Å². The number of benzene rings is 1. The van der Waals surface area contributed by atoms with Crippen LogP contribution in [-0.2, 0) is 4.74 Å². The lowest BCUT2D eigenvalue weighted by Crippen LogP contribution is -2.12. The second-order valence-electron chi connectivity index (χ2n) is 4.03. The Balaban J connectivity index is 1.77. The molecule has 0 radical (unpaired) electrons. The number of aldehydes is 1. The zero-order valence-corrected chi connectivity index (χ0v) is 9.22. The van der Waals surface area contributed by atoms with Crippen LogP contribution >= 0.6 is 0 Å². The maximum absolute atomic E-state index is 10.6. The van der Waals surface area contributed by atoms with Crippen LogP contribution in [0.5, 0.6) is 5.75 Å². The first-order valence-corrected chi connectivity index (χ1v) is 5.68. The molecule has 0 spiro atoms. The molecular formula is C13H16O3. The summed E-state index contributed by atoms with van der Waals surface area (Å²) < 4.78 is 11.0. The number of rotatable bonds is 5. The molecule has 3 nitrogen and oxygen atoms in total. The number of hydrogen-bond acceptors (Lipinski definition) is 3. The molecule has 86 valence electrons. The predicted molar refractivity (Wildman–Crippen MR) is 60.7 cm³/mol. The quantitative estimate of drug-likeness (QED) is 0.565. The van der Waals surface area contributed by atoms with E-state index < -0.39 is 0 Å². The molecule has 1 aliphatic rings. The van der Waals surface area contributed by atoms with E-state index in [2.05, 4.69) is 0 Å². The minimum absolute atomic E-state index is 0.271. The van der Waals surface area contributed by atoms with Crippen molar-refractivity contribution in [3.05, 3.63) is 29.8 Å². The van der Waals surface area contributed by atoms with Gasteiger partial charge in [0, 0.05) is 5.56 Å². The fourth-order valence-electron chi connectivity index (χ4n) is 1.93. The van der Waals surface area contributed by atoms with E-state index in [0.717, 1.165) is 19.1 Å². The van der Waals surface area contributed by atoms with E-state index in [4.69, 9.17) is 9.47 Å². The number of carbonyl (C=O) groups is 1. The third-order valence-corrected chi connectivity index (χ3v) is 2.83. The van der Waals surface area contributed by atoms with Gasteiger partial charge in [-0.3, -0.25) is 4.79 Å². The first-order valence-electron chi connectivity index (χ1n) is 5.68. The third kappa shape index (κ3) is 3.07. The maximum Gasteiger partial charge on any atom is 0.189 e. The van der Waals surface area contributed by atoms with Gasteiger partial charge in [0.1, 0.15) is 12.0 Å². The lowest BCUT2D eigenvalue weighted by Gasteiger charge is -2.12. The Morgan fingerprint density at radius 2 is 2.12 bits per heavy atom. The average molecular weight is 220 g/mol. The lowest BCUT2D eigenvalue weighted by atomic mass is 10.2. The van der Waals surface area contributed by atoms with Gasteiger partial charge in [0.15, 0.2) is 6.79 Å². The van der Waals surface area contributed by atoms with Crippen molar-refractivity contribution in [2.45, 2.75) is 31.8 Å². The summed E-state index contributed by atoms with van der Waals surface area (Å²) in [7, 11) is 0. The van der Waals surface area contributed by atoms with Gasteiger partial charge in [-0.25, -0.2) is 0 Å². The molecule has 0 bridgehead atoms. The van der Waals surface area contributed by atoms with E-state index in [1.165, 1.54) is 12.8 Å². The Morgan fingerprint density at radius 3 is 2.88 bits per heavy atom. The van der Waals surface area contributed by atoms with Gasteiger partial charge in [0.25, 0.3) is 0 Å². The molecule has 0 aliphatic heterocycles. The van der Waals surface area contributed by atoms with Crippen molar-refractivity contribution in [1.82, 2.24) is 0 Å². The molecule has 0 aromatic heterocycles. The highest BCUT2D eigenvalue weighted by atomic mass is 16.7. The van der Waals surface area contributed by atoms with Gasteiger partial charge < -0.3 is 9.47 Å². The summed E-state index contributed by atoms with van der Waals surface area (Å²) >= 11 is 0. The number of hydrogen-bond donors (Lipinski definition) is 0. The normalized spacial score (nSPS) is 16.2. The predicted octanol–water partition coefficient (Wildman–Crippen LogP) is 2.79. The number of ether oxygens (including phenoxy) is 2. The van der Waals surface area contributed by atoms with Crippen LogP contribution in [0, 0.1) is 0 Å². The van der Waals surface area contributed by atoms with Crippen LogP contribution in [0.25, 0.3) is 0 Å². The van der Waals surface area contributed by atoms with Crippen molar-refractivity contribution in [2.75, 3.05) is 6.79 Å². The van der Waals surface area contributed by atoms with Crippen molar-refractivity contribution >= 4 is 6.29 Å². The SMILES string of the molecule is O=Cc1cccc(OCOC2CCCC2)c1. The standard InChI is InChI=1S/C13H16O3/c14-9-11-4-3-7-13(8-11)16-10-15-12-5-1-2-6-12/h3-4,7-9,12H,1-2,5-6,10H2. The highest BCUT2D eigenvalue weighted by Gasteiger charge is 2.15. The first kappa shape index (κ1) is 11.1. The molecule has 0 heterocycles. The molecule has 0 N–H and O–H groups in total. The van der Waals surface area contributed by atoms with Crippen LogP contribution < -0.4 is 4.74 Å². The molecule has 0 unspecified atom stereocenters. The Bertz CT molecular complexity index is 343. The van der Waals surface area contributed by atoms with E-state index in [0.29, 0.717) is 17.4 Å². The third-order valence-electron chi connectivity index (χ3n) is 2.83. The topological polar surface area (TPSA) is 35.5 Å². The summed E-state index contributed by atoms with van der Waals surface area (Å²) in [5, 5.41) is 0. The van der Waals surface area contributed by atoms with Gasteiger partial charge in [-0.1, -0.05) is 25.0 Å². The van der Waals surface area contributed by atoms with E-state index in [1.54, 1.807) is 18.2 Å². The minimum atomic E-state index is 0.271. The smallest absolute Gasteiger partial charge is 0.189 e. The molecule has 1 aromatic carbocycles. The zero-order chi connectivity index (χ0) is 11.2. The summed E-state index contributed by atoms with van der Waals surface area (Å²) in [4.78, 5) is 10.6. The van der Waals surface area contributed by atoms with Gasteiger partial charge in [-0.2, -0.15) is 0 Å². The molecule has 3 heteroatoms. The average Bonchev–Trinajstić information content (AvgIpc) is 2.82. The van der Waals surface area contributed by atoms with Crippen molar-refractivity contribution in [1.29, 1.82) is 0 Å². The van der Waals surface area contributed by atoms with Crippen LogP contribution in [0.2, 0.25) is 0 Å². The second-order valence-corrected chi connectivity index (χ2v) is 4.03. The first-order chi connectivity index (χ1) is 7.88. The van der Waals surface area contributed by atoms with E-state index in [9.17, 15) is 4.79 Å². The largest absolute Gasteiger partial charge is 0.468 e. The molecule has 2 rings (SSSR count). The summed E-state index contributed by atoms with van der Waals surface area (Å²) in [6.45, 7) is 0.271. The Labute approximate surface area is 95.4 Å². The van der Waals surface area contributed by atoms with Gasteiger partial charge in [-0.05, 0) is 25.0 Å². The summed E-state index contributed by atoms with van der Waals surface area (Å²) in [6, 6.07) is 7.09. The summed E-state index contributed by atoms with van der Waals surface area (Å²) in [5.74, 6) is 0.683. The number of carbonyl (C=O) groups excluding carboxylic acids is 1. The fraction of sp³-hybridized carbons (Fsp3) is 0.462. The van der Waals surface area contributed by atoms with Gasteiger partial charge in [0.05, 0.1) is 6.10 Å². The molecule has 16 heavy (non-hydrogen) atoms. The maximum atomic E-state index is 10.6. The molecular weight excluding hydrogens is 204 g/mol. The molecule has 1 saturated carbocycles. The van der Waals surface area contributed by atoms with E-state index in [-0.39, 0.29) is 6.79 Å². The Kier molecular flexibility index (Phi) is 3.94. The summed E-state index contributed by atoms with van der Waals surface area (Å²) in [5.41, 5.74) is 0.623. The van der Waals surface area contributed by atoms with Crippen molar-refractivity contribution in [3.63, 3.8) is 0 Å². The lowest BCUT2D eigenvalue weighted by molar-refractivity contribution is -0.0325. The Morgan fingerprint density at radius 1 is 1.31 bits per heavy atom. The molecule has 1 aromatic rings. The minimum Gasteiger partial charge on any atom is -0.468 e. The zero-order valence-electron chi connectivity index (χ0n) is 9.22. The van der Waals surface area contributed by atoms with Gasteiger partial charge >= 0.3 is 0 Å². The molecule has 0 saturated heterocycles. The van der Waals surface area contributed by atoms with Crippen LogP contribution in [0.4, 0.5) is 0 Å². The Hall–Kier alpha value is -1.35. The molecule has 0 atom stereocenters. The van der Waals surface area contributed by atoms with E-state index in [1.807, 2.05) is 6.07 Å². The summed E-state index contributed by atoms with van der Waals surface area (Å²) in [6.07, 6.45) is 5.95. The second kappa shape index (κ2) is 5.66. The van der Waals surface area contributed by atoms with Crippen LogP contribution in [0.15, 0.2) is 24.3 Å². The fourth-order valence-corrected chi connectivity index (χ4v) is 1.93.